The molecule has 0 aromatic heterocycles. The highest BCUT2D eigenvalue weighted by Crippen LogP contribution is 2.40. The highest BCUT2D eigenvalue weighted by Gasteiger charge is 2.49. The molecule has 3 heteroatoms. The summed E-state index contributed by atoms with van der Waals surface area (Å²) in [5.74, 6) is 0.684. The van der Waals surface area contributed by atoms with E-state index in [1.165, 1.54) is 25.7 Å². The first-order valence-electron chi connectivity index (χ1n) is 5.49. The Bertz CT molecular complexity index is 236. The van der Waals surface area contributed by atoms with Gasteiger partial charge in [0.15, 0.2) is 0 Å². The van der Waals surface area contributed by atoms with E-state index in [9.17, 15) is 5.26 Å². The van der Waals surface area contributed by atoms with Gasteiger partial charge in [0.2, 0.25) is 0 Å². The predicted octanol–water partition coefficient (Wildman–Crippen LogP) is 1.30. The van der Waals surface area contributed by atoms with E-state index in [-0.39, 0.29) is 5.41 Å². The molecule has 1 saturated heterocycles. The molecule has 2 fully saturated rings. The molecule has 1 aliphatic heterocycles. The van der Waals surface area contributed by atoms with E-state index in [0.717, 1.165) is 0 Å². The van der Waals surface area contributed by atoms with Crippen molar-refractivity contribution in [1.29, 1.82) is 5.26 Å². The van der Waals surface area contributed by atoms with Crippen LogP contribution >= 0.6 is 0 Å². The Kier molecular flexibility index (Phi) is 2.76. The number of hydrogen-bond acceptors (Lipinski definition) is 3. The van der Waals surface area contributed by atoms with Gasteiger partial charge in [-0.1, -0.05) is 12.8 Å². The third-order valence-electron chi connectivity index (χ3n) is 3.72. The molecular formula is C11H18N2O. The molecule has 0 spiro atoms. The van der Waals surface area contributed by atoms with Crippen LogP contribution in [0.1, 0.15) is 25.7 Å². The van der Waals surface area contributed by atoms with E-state index in [1.54, 1.807) is 0 Å². The minimum absolute atomic E-state index is 0.232. The maximum absolute atomic E-state index is 9.23. The lowest BCUT2D eigenvalue weighted by Gasteiger charge is -2.44. The molecule has 1 aliphatic carbocycles. The zero-order valence-corrected chi connectivity index (χ0v) is 8.75. The summed E-state index contributed by atoms with van der Waals surface area (Å²) >= 11 is 0. The van der Waals surface area contributed by atoms with Gasteiger partial charge in [-0.05, 0) is 25.8 Å². The fourth-order valence-electron chi connectivity index (χ4n) is 2.89. The first-order valence-corrected chi connectivity index (χ1v) is 5.49. The highest BCUT2D eigenvalue weighted by atomic mass is 16.5. The second kappa shape index (κ2) is 3.88. The van der Waals surface area contributed by atoms with Crippen LogP contribution in [0, 0.1) is 22.7 Å². The Labute approximate surface area is 85.4 Å². The zero-order valence-electron chi connectivity index (χ0n) is 8.75. The molecular weight excluding hydrogens is 176 g/mol. The molecule has 1 atom stereocenters. The van der Waals surface area contributed by atoms with Gasteiger partial charge < -0.3 is 10.1 Å². The van der Waals surface area contributed by atoms with Gasteiger partial charge in [-0.2, -0.15) is 5.26 Å². The van der Waals surface area contributed by atoms with Crippen molar-refractivity contribution in [2.24, 2.45) is 11.3 Å². The fourth-order valence-corrected chi connectivity index (χ4v) is 2.89. The second-order valence-corrected chi connectivity index (χ2v) is 4.57. The summed E-state index contributed by atoms with van der Waals surface area (Å²) in [5, 5.41) is 12.6. The predicted molar refractivity (Wildman–Crippen MR) is 53.7 cm³/mol. The van der Waals surface area contributed by atoms with Crippen LogP contribution in [0.2, 0.25) is 0 Å². The van der Waals surface area contributed by atoms with Crippen LogP contribution in [-0.2, 0) is 4.74 Å². The maximum Gasteiger partial charge on any atom is 0.119 e. The lowest BCUT2D eigenvalue weighted by Crippen LogP contribution is -2.58. The van der Waals surface area contributed by atoms with Gasteiger partial charge >= 0.3 is 0 Å². The Balaban J connectivity index is 2.07. The van der Waals surface area contributed by atoms with Crippen molar-refractivity contribution in [2.75, 3.05) is 20.3 Å². The van der Waals surface area contributed by atoms with Crippen LogP contribution < -0.4 is 5.32 Å². The molecule has 2 rings (SSSR count). The molecule has 1 saturated carbocycles. The van der Waals surface area contributed by atoms with E-state index < -0.39 is 0 Å². The molecule has 78 valence electrons. The molecule has 0 amide bonds. The van der Waals surface area contributed by atoms with Gasteiger partial charge in [0, 0.05) is 6.04 Å². The Morgan fingerprint density at radius 3 is 2.43 bits per heavy atom. The monoisotopic (exact) mass is 194 g/mol. The third kappa shape index (κ3) is 1.43. The van der Waals surface area contributed by atoms with E-state index >= 15 is 0 Å². The average Bonchev–Trinajstić information content (AvgIpc) is 2.63. The van der Waals surface area contributed by atoms with Crippen LogP contribution in [0.15, 0.2) is 0 Å². The van der Waals surface area contributed by atoms with Crippen molar-refractivity contribution in [2.45, 2.75) is 31.7 Å². The zero-order chi connectivity index (χ0) is 10.0. The topological polar surface area (TPSA) is 45.0 Å². The number of nitrogens with zero attached hydrogens (tertiary/aromatic N) is 1. The van der Waals surface area contributed by atoms with Crippen LogP contribution in [0.5, 0.6) is 0 Å². The van der Waals surface area contributed by atoms with Crippen LogP contribution in [0.4, 0.5) is 0 Å². The van der Waals surface area contributed by atoms with Crippen molar-refractivity contribution in [3.05, 3.63) is 0 Å². The molecule has 0 bridgehead atoms. The minimum Gasteiger partial charge on any atom is -0.378 e. The Morgan fingerprint density at radius 2 is 2.07 bits per heavy atom. The second-order valence-electron chi connectivity index (χ2n) is 4.57. The van der Waals surface area contributed by atoms with Crippen molar-refractivity contribution in [1.82, 2.24) is 5.32 Å². The van der Waals surface area contributed by atoms with E-state index in [4.69, 9.17) is 4.74 Å². The lowest BCUT2D eigenvalue weighted by molar-refractivity contribution is -0.105. The summed E-state index contributed by atoms with van der Waals surface area (Å²) in [4.78, 5) is 0. The first kappa shape index (κ1) is 9.95. The fraction of sp³-hybridized carbons (Fsp3) is 0.909. The molecule has 14 heavy (non-hydrogen) atoms. The summed E-state index contributed by atoms with van der Waals surface area (Å²) in [6, 6.07) is 2.79. The van der Waals surface area contributed by atoms with Crippen molar-refractivity contribution in [3.63, 3.8) is 0 Å². The maximum atomic E-state index is 9.23. The number of rotatable bonds is 3. The van der Waals surface area contributed by atoms with Gasteiger partial charge in [-0.15, -0.1) is 0 Å². The molecule has 1 unspecified atom stereocenters. The number of hydrogen-bond donors (Lipinski definition) is 1. The standard InChI is InChI=1S/C11H18N2O/c1-13-10(9-4-2-3-5-9)11(6-12)7-14-8-11/h9-10,13H,2-5,7-8H2,1H3. The normalized spacial score (nSPS) is 28.0. The van der Waals surface area contributed by atoms with Gasteiger partial charge in [0.1, 0.15) is 5.41 Å². The minimum atomic E-state index is -0.232. The largest absolute Gasteiger partial charge is 0.378 e. The summed E-state index contributed by atoms with van der Waals surface area (Å²) < 4.78 is 5.21. The highest BCUT2D eigenvalue weighted by molar-refractivity contribution is 5.12. The van der Waals surface area contributed by atoms with E-state index in [1.807, 2.05) is 7.05 Å². The van der Waals surface area contributed by atoms with Crippen LogP contribution in [-0.4, -0.2) is 26.3 Å². The molecule has 0 radical (unpaired) electrons. The summed E-state index contributed by atoms with van der Waals surface area (Å²) in [6.07, 6.45) is 5.19. The molecule has 2 aliphatic rings. The molecule has 3 nitrogen and oxygen atoms in total. The van der Waals surface area contributed by atoms with Crippen LogP contribution in [0.3, 0.4) is 0 Å². The van der Waals surface area contributed by atoms with Crippen LogP contribution in [0.25, 0.3) is 0 Å². The Morgan fingerprint density at radius 1 is 1.43 bits per heavy atom. The van der Waals surface area contributed by atoms with Gasteiger partial charge in [0.05, 0.1) is 19.3 Å². The lowest BCUT2D eigenvalue weighted by atomic mass is 9.73. The quantitative estimate of drug-likeness (QED) is 0.736. The van der Waals surface area contributed by atoms with Gasteiger partial charge in [0.25, 0.3) is 0 Å². The molecule has 1 heterocycles. The van der Waals surface area contributed by atoms with Gasteiger partial charge in [-0.3, -0.25) is 0 Å². The van der Waals surface area contributed by atoms with Crippen molar-refractivity contribution >= 4 is 0 Å². The van der Waals surface area contributed by atoms with E-state index in [2.05, 4.69) is 11.4 Å². The molecule has 0 aromatic rings. The molecule has 1 N–H and O–H groups in total. The number of ether oxygens (including phenoxy) is 1. The third-order valence-corrected chi connectivity index (χ3v) is 3.72. The average molecular weight is 194 g/mol. The smallest absolute Gasteiger partial charge is 0.119 e. The number of nitrogens with one attached hydrogen (secondary N) is 1. The van der Waals surface area contributed by atoms with Crippen molar-refractivity contribution in [3.8, 4) is 6.07 Å². The summed E-state index contributed by atoms with van der Waals surface area (Å²) in [6.45, 7) is 1.23. The SMILES string of the molecule is CNC(C1CCCC1)C1(C#N)COC1. The van der Waals surface area contributed by atoms with E-state index in [0.29, 0.717) is 25.2 Å². The number of nitriles is 1. The molecule has 0 aromatic carbocycles. The first-order chi connectivity index (χ1) is 6.82. The Hall–Kier alpha value is -0.590. The summed E-state index contributed by atoms with van der Waals surface area (Å²) in [7, 11) is 1.97. The van der Waals surface area contributed by atoms with Gasteiger partial charge in [-0.25, -0.2) is 0 Å². The van der Waals surface area contributed by atoms with Crippen molar-refractivity contribution < 1.29 is 4.74 Å². The summed E-state index contributed by atoms with van der Waals surface area (Å²) in [5.41, 5.74) is -0.232.